The van der Waals surface area contributed by atoms with Crippen LogP contribution in [-0.4, -0.2) is 14.2 Å². The molecule has 1 aromatic carbocycles. The first-order chi connectivity index (χ1) is 6.20. The van der Waals surface area contributed by atoms with Gasteiger partial charge in [-0.05, 0) is 38.1 Å². The summed E-state index contributed by atoms with van der Waals surface area (Å²) in [5.41, 5.74) is 3.88. The highest BCUT2D eigenvalue weighted by Crippen LogP contribution is 2.24. The normalized spacial score (nSPS) is 10.2. The molecule has 0 amide bonds. The molecule has 0 heterocycles. The van der Waals surface area contributed by atoms with Crippen molar-refractivity contribution in [1.29, 1.82) is 0 Å². The second kappa shape index (κ2) is 4.28. The molecule has 2 heteroatoms. The summed E-state index contributed by atoms with van der Waals surface area (Å²) in [6, 6.07) is 4.11. The molecule has 2 nitrogen and oxygen atoms in total. The van der Waals surface area contributed by atoms with Gasteiger partial charge in [-0.25, -0.2) is 0 Å². The van der Waals surface area contributed by atoms with Gasteiger partial charge in [-0.15, -0.1) is 0 Å². The van der Waals surface area contributed by atoms with Gasteiger partial charge in [0.25, 0.3) is 0 Å². The summed E-state index contributed by atoms with van der Waals surface area (Å²) in [6.07, 6.45) is 0. The third kappa shape index (κ3) is 2.01. The average molecular weight is 179 g/mol. The Hall–Kier alpha value is -1.02. The lowest BCUT2D eigenvalue weighted by Crippen LogP contribution is -2.09. The Balaban J connectivity index is 3.15. The standard InChI is InChI=1S/C11H17NO/c1-8-5-6-11(13-4)10(7-12-3)9(8)2/h5-6,12H,7H2,1-4H3. The molecule has 0 radical (unpaired) electrons. The SMILES string of the molecule is CNCc1c(OC)ccc(C)c1C. The van der Waals surface area contributed by atoms with Crippen LogP contribution in [0, 0.1) is 13.8 Å². The third-order valence-corrected chi connectivity index (χ3v) is 2.40. The topological polar surface area (TPSA) is 21.3 Å². The minimum absolute atomic E-state index is 0.858. The number of hydrogen-bond donors (Lipinski definition) is 1. The maximum Gasteiger partial charge on any atom is 0.123 e. The summed E-state index contributed by atoms with van der Waals surface area (Å²) < 4.78 is 5.29. The van der Waals surface area contributed by atoms with E-state index in [0.717, 1.165) is 12.3 Å². The van der Waals surface area contributed by atoms with E-state index in [1.807, 2.05) is 13.1 Å². The number of nitrogens with one attached hydrogen (secondary N) is 1. The van der Waals surface area contributed by atoms with E-state index in [9.17, 15) is 0 Å². The zero-order chi connectivity index (χ0) is 9.84. The van der Waals surface area contributed by atoms with Crippen LogP contribution in [0.15, 0.2) is 12.1 Å². The molecule has 0 unspecified atom stereocenters. The predicted molar refractivity (Wildman–Crippen MR) is 55.2 cm³/mol. The van der Waals surface area contributed by atoms with Gasteiger partial charge in [0.2, 0.25) is 0 Å². The van der Waals surface area contributed by atoms with Crippen LogP contribution in [0.3, 0.4) is 0 Å². The van der Waals surface area contributed by atoms with E-state index in [0.29, 0.717) is 0 Å². The third-order valence-electron chi connectivity index (χ3n) is 2.40. The van der Waals surface area contributed by atoms with E-state index >= 15 is 0 Å². The van der Waals surface area contributed by atoms with Crippen molar-refractivity contribution in [2.24, 2.45) is 0 Å². The maximum absolute atomic E-state index is 5.29. The molecule has 0 aliphatic carbocycles. The van der Waals surface area contributed by atoms with Crippen LogP contribution in [0.25, 0.3) is 0 Å². The van der Waals surface area contributed by atoms with Crippen LogP contribution in [0.5, 0.6) is 5.75 Å². The average Bonchev–Trinajstić information content (AvgIpc) is 2.14. The van der Waals surface area contributed by atoms with Crippen LogP contribution >= 0.6 is 0 Å². The summed E-state index contributed by atoms with van der Waals surface area (Å²) in [5, 5.41) is 3.15. The zero-order valence-corrected chi connectivity index (χ0v) is 8.77. The van der Waals surface area contributed by atoms with Crippen molar-refractivity contribution in [3.63, 3.8) is 0 Å². The van der Waals surface area contributed by atoms with E-state index < -0.39 is 0 Å². The Bertz CT molecular complexity index is 294. The number of rotatable bonds is 3. The summed E-state index contributed by atoms with van der Waals surface area (Å²) >= 11 is 0. The van der Waals surface area contributed by atoms with Crippen molar-refractivity contribution < 1.29 is 4.74 Å². The van der Waals surface area contributed by atoms with E-state index in [1.54, 1.807) is 7.11 Å². The quantitative estimate of drug-likeness (QED) is 0.766. The van der Waals surface area contributed by atoms with Crippen molar-refractivity contribution in [2.75, 3.05) is 14.2 Å². The molecule has 13 heavy (non-hydrogen) atoms. The van der Waals surface area contributed by atoms with Gasteiger partial charge in [-0.1, -0.05) is 6.07 Å². The monoisotopic (exact) mass is 179 g/mol. The second-order valence-corrected chi connectivity index (χ2v) is 3.22. The Kier molecular flexibility index (Phi) is 3.32. The van der Waals surface area contributed by atoms with Gasteiger partial charge in [0.1, 0.15) is 5.75 Å². The highest BCUT2D eigenvalue weighted by atomic mass is 16.5. The van der Waals surface area contributed by atoms with Gasteiger partial charge in [-0.3, -0.25) is 0 Å². The van der Waals surface area contributed by atoms with Crippen LogP contribution in [0.4, 0.5) is 0 Å². The van der Waals surface area contributed by atoms with Crippen molar-refractivity contribution in [1.82, 2.24) is 5.32 Å². The molecule has 0 aliphatic heterocycles. The van der Waals surface area contributed by atoms with Crippen molar-refractivity contribution in [2.45, 2.75) is 20.4 Å². The van der Waals surface area contributed by atoms with Crippen LogP contribution in [0.1, 0.15) is 16.7 Å². The van der Waals surface area contributed by atoms with E-state index in [-0.39, 0.29) is 0 Å². The summed E-state index contributed by atoms with van der Waals surface area (Å²) in [4.78, 5) is 0. The molecule has 0 fully saturated rings. The Labute approximate surface area is 79.9 Å². The van der Waals surface area contributed by atoms with E-state index in [1.165, 1.54) is 16.7 Å². The first-order valence-corrected chi connectivity index (χ1v) is 4.48. The largest absolute Gasteiger partial charge is 0.496 e. The molecule has 0 saturated carbocycles. The van der Waals surface area contributed by atoms with Crippen LogP contribution in [0.2, 0.25) is 0 Å². The number of methoxy groups -OCH3 is 1. The maximum atomic E-state index is 5.29. The Morgan fingerprint density at radius 2 is 2.00 bits per heavy atom. The van der Waals surface area contributed by atoms with Crippen molar-refractivity contribution >= 4 is 0 Å². The van der Waals surface area contributed by atoms with E-state index in [2.05, 4.69) is 25.2 Å². The van der Waals surface area contributed by atoms with Crippen molar-refractivity contribution in [3.05, 3.63) is 28.8 Å². The van der Waals surface area contributed by atoms with Gasteiger partial charge in [0.15, 0.2) is 0 Å². The zero-order valence-electron chi connectivity index (χ0n) is 8.77. The minimum Gasteiger partial charge on any atom is -0.496 e. The lowest BCUT2D eigenvalue weighted by Gasteiger charge is -2.13. The smallest absolute Gasteiger partial charge is 0.123 e. The van der Waals surface area contributed by atoms with E-state index in [4.69, 9.17) is 4.74 Å². The molecular formula is C11H17NO. The molecule has 0 aromatic heterocycles. The summed E-state index contributed by atoms with van der Waals surface area (Å²) in [5.74, 6) is 0.970. The highest BCUT2D eigenvalue weighted by molar-refractivity contribution is 5.43. The minimum atomic E-state index is 0.858. The van der Waals surface area contributed by atoms with Gasteiger partial charge >= 0.3 is 0 Å². The van der Waals surface area contributed by atoms with Gasteiger partial charge in [-0.2, -0.15) is 0 Å². The summed E-state index contributed by atoms with van der Waals surface area (Å²) in [6.45, 7) is 5.11. The first kappa shape index (κ1) is 10.1. The molecular weight excluding hydrogens is 162 g/mol. The molecule has 72 valence electrons. The number of ether oxygens (including phenoxy) is 1. The fraction of sp³-hybridized carbons (Fsp3) is 0.455. The molecule has 0 aliphatic rings. The summed E-state index contributed by atoms with van der Waals surface area (Å²) in [7, 11) is 3.66. The lowest BCUT2D eigenvalue weighted by molar-refractivity contribution is 0.408. The number of aryl methyl sites for hydroxylation is 1. The van der Waals surface area contributed by atoms with Crippen molar-refractivity contribution in [3.8, 4) is 5.75 Å². The highest BCUT2D eigenvalue weighted by Gasteiger charge is 2.06. The number of hydrogen-bond acceptors (Lipinski definition) is 2. The molecule has 1 N–H and O–H groups in total. The Morgan fingerprint density at radius 3 is 2.54 bits per heavy atom. The first-order valence-electron chi connectivity index (χ1n) is 4.48. The molecule has 0 bridgehead atoms. The number of benzene rings is 1. The molecule has 0 atom stereocenters. The van der Waals surface area contributed by atoms with Crippen LogP contribution in [-0.2, 0) is 6.54 Å². The fourth-order valence-corrected chi connectivity index (χ4v) is 1.44. The predicted octanol–water partition coefficient (Wildman–Crippen LogP) is 2.03. The van der Waals surface area contributed by atoms with Gasteiger partial charge in [0.05, 0.1) is 7.11 Å². The fourth-order valence-electron chi connectivity index (χ4n) is 1.44. The Morgan fingerprint density at radius 1 is 1.31 bits per heavy atom. The second-order valence-electron chi connectivity index (χ2n) is 3.22. The van der Waals surface area contributed by atoms with Crippen LogP contribution < -0.4 is 10.1 Å². The molecule has 0 saturated heterocycles. The molecule has 1 rings (SSSR count). The van der Waals surface area contributed by atoms with Gasteiger partial charge < -0.3 is 10.1 Å². The lowest BCUT2D eigenvalue weighted by atomic mass is 10.0. The molecule has 1 aromatic rings. The van der Waals surface area contributed by atoms with Gasteiger partial charge in [0, 0.05) is 12.1 Å². The molecule has 0 spiro atoms.